The molecule has 244 valence electrons. The van der Waals surface area contributed by atoms with Crippen LogP contribution in [-0.4, -0.2) is 135 Å². The van der Waals surface area contributed by atoms with E-state index >= 15 is 0 Å². The molecule has 0 aliphatic carbocycles. The van der Waals surface area contributed by atoms with Crippen molar-refractivity contribution in [2.45, 2.75) is 26.7 Å². The van der Waals surface area contributed by atoms with Crippen molar-refractivity contribution in [3.8, 4) is 0 Å². The van der Waals surface area contributed by atoms with E-state index in [1.165, 1.54) is 10.3 Å². The van der Waals surface area contributed by atoms with E-state index in [1.807, 2.05) is 9.80 Å². The number of thiocarbonyl (C=S) groups is 2. The van der Waals surface area contributed by atoms with Gasteiger partial charge in [0, 0.05) is 26.2 Å². The molecule has 0 atom stereocenters. The summed E-state index contributed by atoms with van der Waals surface area (Å²) in [5.74, 6) is -2.17. The van der Waals surface area contributed by atoms with Crippen LogP contribution in [0.2, 0.25) is 0 Å². The van der Waals surface area contributed by atoms with E-state index < -0.39 is 11.9 Å². The molecule has 0 aliphatic heterocycles. The van der Waals surface area contributed by atoms with E-state index in [4.69, 9.17) is 52.3 Å². The fourth-order valence-corrected chi connectivity index (χ4v) is 1.82. The van der Waals surface area contributed by atoms with Gasteiger partial charge in [-0.15, -0.1) is 26.4 Å². The van der Waals surface area contributed by atoms with E-state index in [1.54, 1.807) is 0 Å². The van der Waals surface area contributed by atoms with Gasteiger partial charge in [-0.2, -0.15) is 10.3 Å². The zero-order chi connectivity index (χ0) is 33.6. The number of carbonyl (C=O) groups is 2. The summed E-state index contributed by atoms with van der Waals surface area (Å²) in [5.41, 5.74) is 10.6. The van der Waals surface area contributed by atoms with Crippen LogP contribution in [0.15, 0.2) is 0 Å². The Morgan fingerprint density at radius 2 is 0.750 bits per heavy atom. The van der Waals surface area contributed by atoms with Crippen LogP contribution in [0, 0.1) is 0 Å². The first kappa shape index (κ1) is 79.8. The molecular weight excluding hydrogens is 834 g/mol. The standard InChI is InChI=1S/2C7H16N2O2.2C2H4O2.2CNS.2CH4O.4Zn/c2*8-2-1-3-9(4-6-10)5-7-11;2*1-2(3)4;2*2-1-3;2*1-2;;;;/h2*1-8H2;2*1H3,(H,3,4);;;2*2H,1H3;;;;/q2*-2;;;2*-1;;;4*+2/p-2. The molecule has 0 rings (SSSR count). The van der Waals surface area contributed by atoms with Crippen molar-refractivity contribution >= 4 is 46.7 Å². The molecule has 0 bridgehead atoms. The molecule has 0 amide bonds. The van der Waals surface area contributed by atoms with Crippen molar-refractivity contribution in [2.24, 2.45) is 11.5 Å². The van der Waals surface area contributed by atoms with E-state index in [0.29, 0.717) is 39.3 Å². The number of carbonyl (C=O) groups excluding carboxylic acids is 2. The number of hydrogen-bond acceptors (Lipinski definition) is 16. The summed E-state index contributed by atoms with van der Waals surface area (Å²) in [5, 5.41) is 89.5. The van der Waals surface area contributed by atoms with Gasteiger partial charge in [-0.05, 0) is 79.0 Å². The number of aliphatic carboxylic acids is 2. The molecule has 16 nitrogen and oxygen atoms in total. The maximum absolute atomic E-state index is 10.2. The minimum absolute atomic E-state index is 0. The summed E-state index contributed by atoms with van der Waals surface area (Å²) >= 11 is 7.40. The molecular formula is C22H46N6O10S2Zn4. The minimum atomic E-state index is -1.08. The monoisotopic (exact) mass is 874 g/mol. The number of aliphatic hydroxyl groups excluding tert-OH is 2. The third-order valence-electron chi connectivity index (χ3n) is 2.99. The molecule has 0 aromatic carbocycles. The van der Waals surface area contributed by atoms with Gasteiger partial charge >= 0.3 is 77.9 Å². The summed E-state index contributed by atoms with van der Waals surface area (Å²) in [4.78, 5) is 21.5. The van der Waals surface area contributed by atoms with Gasteiger partial charge in [-0.25, -0.2) is 0 Å². The van der Waals surface area contributed by atoms with Crippen LogP contribution >= 0.6 is 24.4 Å². The maximum Gasteiger partial charge on any atom is 2.00 e. The number of carboxylic acid groups (broad SMARTS) is 2. The van der Waals surface area contributed by atoms with Crippen molar-refractivity contribution < 1.29 is 128 Å². The number of aliphatic hydroxyl groups is 2. The molecule has 22 heteroatoms. The molecule has 0 aromatic rings. The fraction of sp³-hybridized carbons (Fsp3) is 0.818. The number of isothiocyanates is 2. The Hall–Kier alpha value is 0.634. The number of rotatable bonds is 14. The minimum Gasteiger partial charge on any atom is -0.854 e. The average Bonchev–Trinajstić information content (AvgIpc) is 2.89. The average molecular weight is 880 g/mol. The third-order valence-corrected chi connectivity index (χ3v) is 2.99. The maximum atomic E-state index is 10.2. The predicted octanol–water partition coefficient (Wildman–Crippen LogP) is -7.25. The number of hydrogen-bond donors (Lipinski definition) is 4. The Morgan fingerprint density at radius 3 is 0.841 bits per heavy atom. The smallest absolute Gasteiger partial charge is 0.854 e. The van der Waals surface area contributed by atoms with Crippen LogP contribution in [0.3, 0.4) is 0 Å². The second kappa shape index (κ2) is 96.7. The van der Waals surface area contributed by atoms with E-state index in [9.17, 15) is 20.4 Å². The van der Waals surface area contributed by atoms with Gasteiger partial charge < -0.3 is 82.5 Å². The van der Waals surface area contributed by atoms with Crippen LogP contribution in [0.25, 0.3) is 10.8 Å². The van der Waals surface area contributed by atoms with Crippen molar-refractivity contribution in [3.63, 3.8) is 0 Å². The van der Waals surface area contributed by atoms with Gasteiger partial charge in [0.25, 0.3) is 0 Å². The molecule has 0 fully saturated rings. The molecule has 0 saturated heterocycles. The zero-order valence-corrected chi connectivity index (χ0v) is 40.1. The van der Waals surface area contributed by atoms with Gasteiger partial charge in [0.15, 0.2) is 0 Å². The van der Waals surface area contributed by atoms with Gasteiger partial charge in [0.05, 0.1) is 0 Å². The molecule has 0 radical (unpaired) electrons. The Bertz CT molecular complexity index is 472. The molecule has 44 heavy (non-hydrogen) atoms. The summed E-state index contributed by atoms with van der Waals surface area (Å²) in [6.07, 6.45) is 1.72. The largest absolute Gasteiger partial charge is 2.00 e. The predicted molar refractivity (Wildman–Crippen MR) is 149 cm³/mol. The number of nitrogens with zero attached hydrogens (tertiary/aromatic N) is 4. The number of nitrogens with two attached hydrogens (primary N) is 2. The molecule has 0 unspecified atom stereocenters. The summed E-state index contributed by atoms with van der Waals surface area (Å²) < 4.78 is 0. The first-order valence-electron chi connectivity index (χ1n) is 11.4. The molecule has 0 heterocycles. The van der Waals surface area contributed by atoms with Crippen LogP contribution < -0.4 is 42.1 Å². The summed E-state index contributed by atoms with van der Waals surface area (Å²) in [6, 6.07) is 0. The zero-order valence-electron chi connectivity index (χ0n) is 26.6. The second-order valence-corrected chi connectivity index (χ2v) is 6.32. The molecule has 0 aliphatic rings. The van der Waals surface area contributed by atoms with Crippen molar-refractivity contribution in [1.29, 1.82) is 0 Å². The van der Waals surface area contributed by atoms with Crippen molar-refractivity contribution in [2.75, 3.05) is 93.0 Å². The molecule has 0 aromatic heterocycles. The quantitative estimate of drug-likeness (QED) is 0.0716. The van der Waals surface area contributed by atoms with Crippen LogP contribution in [-0.2, 0) is 87.5 Å². The van der Waals surface area contributed by atoms with E-state index in [2.05, 4.69) is 24.4 Å². The second-order valence-electron chi connectivity index (χ2n) is 5.95. The first-order valence-corrected chi connectivity index (χ1v) is 12.3. The molecule has 6 N–H and O–H groups in total. The summed E-state index contributed by atoms with van der Waals surface area (Å²) in [6.45, 7) is 6.10. The van der Waals surface area contributed by atoms with Gasteiger partial charge in [-0.1, -0.05) is 24.4 Å². The summed E-state index contributed by atoms with van der Waals surface area (Å²) in [7, 11) is 2.00. The first-order chi connectivity index (χ1) is 19.0. The topological polar surface area (TPSA) is 316 Å². The molecule has 0 saturated carbocycles. The van der Waals surface area contributed by atoms with Gasteiger partial charge in [0.1, 0.15) is 0 Å². The Morgan fingerprint density at radius 1 is 0.614 bits per heavy atom. The number of carboxylic acids is 2. The molecule has 0 spiro atoms. The Kier molecular flexibility index (Phi) is 175. The van der Waals surface area contributed by atoms with Gasteiger partial charge in [-0.3, -0.25) is 0 Å². The Labute approximate surface area is 324 Å². The Balaban J connectivity index is -0.0000000288. The fourth-order valence-electron chi connectivity index (χ4n) is 1.82. The van der Waals surface area contributed by atoms with Crippen molar-refractivity contribution in [3.05, 3.63) is 10.8 Å². The van der Waals surface area contributed by atoms with Crippen LogP contribution in [0.1, 0.15) is 26.7 Å². The third kappa shape index (κ3) is 174. The van der Waals surface area contributed by atoms with Gasteiger partial charge in [0.2, 0.25) is 0 Å². The van der Waals surface area contributed by atoms with Crippen LogP contribution in [0.5, 0.6) is 0 Å². The van der Waals surface area contributed by atoms with Crippen LogP contribution in [0.4, 0.5) is 0 Å². The normalized spacial score (nSPS) is 7.23. The van der Waals surface area contributed by atoms with Crippen molar-refractivity contribution in [1.82, 2.24) is 9.80 Å². The van der Waals surface area contributed by atoms with E-state index in [0.717, 1.165) is 54.0 Å². The SMILES string of the molecule is CC(=O)[O-].CC(=O)[O-].CO.CO.NCCCN(CC[O-])CC[O-].NCCCN(CC[O-])CC[O-].[N-]=C=S.[N-]=C=S.[Zn+2].[Zn+2].[Zn+2].[Zn+2]. The van der Waals surface area contributed by atoms with E-state index in [-0.39, 0.29) is 104 Å².